The molecule has 5 heteroatoms. The van der Waals surface area contributed by atoms with Crippen LogP contribution in [0, 0.1) is 17.5 Å². The van der Waals surface area contributed by atoms with Gasteiger partial charge in [0.2, 0.25) is 0 Å². The summed E-state index contributed by atoms with van der Waals surface area (Å²) < 4.78 is 37.5. The van der Waals surface area contributed by atoms with Crippen LogP contribution in [0.25, 0.3) is 0 Å². The molecular formula is C8H8F3NO. The highest BCUT2D eigenvalue weighted by Gasteiger charge is 2.10. The van der Waals surface area contributed by atoms with Gasteiger partial charge in [-0.25, -0.2) is 13.2 Å². The fourth-order valence-electron chi connectivity index (χ4n) is 0.747. The van der Waals surface area contributed by atoms with Gasteiger partial charge in [-0.05, 0) is 6.92 Å². The lowest BCUT2D eigenvalue weighted by Gasteiger charge is -2.05. The number of halogens is 3. The Hall–Kier alpha value is -1.23. The van der Waals surface area contributed by atoms with Gasteiger partial charge in [0.15, 0.2) is 23.2 Å². The van der Waals surface area contributed by atoms with Crippen LogP contribution in [0.5, 0.6) is 5.75 Å². The van der Waals surface area contributed by atoms with E-state index in [1.165, 1.54) is 0 Å². The van der Waals surface area contributed by atoms with Crippen molar-refractivity contribution in [1.29, 1.82) is 0 Å². The summed E-state index contributed by atoms with van der Waals surface area (Å²) in [5.74, 6) is -4.14. The van der Waals surface area contributed by atoms with E-state index in [9.17, 15) is 13.2 Å². The molecule has 13 heavy (non-hydrogen) atoms. The maximum absolute atomic E-state index is 12.5. The van der Waals surface area contributed by atoms with Crippen LogP contribution in [0.3, 0.4) is 0 Å². The molecule has 1 N–H and O–H groups in total. The summed E-state index contributed by atoms with van der Waals surface area (Å²) in [5, 5.41) is 0. The van der Waals surface area contributed by atoms with Crippen LogP contribution in [-0.4, -0.2) is 6.54 Å². The lowest BCUT2D eigenvalue weighted by atomic mass is 10.3. The van der Waals surface area contributed by atoms with Gasteiger partial charge in [-0.2, -0.15) is 5.48 Å². The lowest BCUT2D eigenvalue weighted by Crippen LogP contribution is -2.17. The van der Waals surface area contributed by atoms with Gasteiger partial charge in [-0.1, -0.05) is 0 Å². The van der Waals surface area contributed by atoms with Crippen molar-refractivity contribution in [3.05, 3.63) is 29.6 Å². The quantitative estimate of drug-likeness (QED) is 0.582. The Morgan fingerprint density at radius 3 is 2.23 bits per heavy atom. The number of benzene rings is 1. The van der Waals surface area contributed by atoms with Gasteiger partial charge in [0, 0.05) is 18.7 Å². The van der Waals surface area contributed by atoms with Crippen molar-refractivity contribution in [2.75, 3.05) is 6.54 Å². The molecule has 1 aromatic carbocycles. The molecule has 1 rings (SSSR count). The largest absolute Gasteiger partial charge is 0.409 e. The summed E-state index contributed by atoms with van der Waals surface area (Å²) in [6, 6.07) is 1.53. The van der Waals surface area contributed by atoms with Crippen LogP contribution >= 0.6 is 0 Å². The van der Waals surface area contributed by atoms with E-state index in [4.69, 9.17) is 0 Å². The molecule has 0 bridgehead atoms. The molecule has 0 aliphatic rings. The first-order valence-electron chi connectivity index (χ1n) is 3.69. The van der Waals surface area contributed by atoms with E-state index < -0.39 is 17.5 Å². The van der Waals surface area contributed by atoms with Crippen LogP contribution in [-0.2, 0) is 0 Å². The maximum Gasteiger partial charge on any atom is 0.194 e. The minimum atomic E-state index is -1.50. The summed E-state index contributed by atoms with van der Waals surface area (Å²) in [5.41, 5.74) is 2.38. The monoisotopic (exact) mass is 191 g/mol. The minimum absolute atomic E-state index is 0.0988. The van der Waals surface area contributed by atoms with Crippen molar-refractivity contribution in [3.8, 4) is 5.75 Å². The van der Waals surface area contributed by atoms with Crippen LogP contribution < -0.4 is 10.3 Å². The van der Waals surface area contributed by atoms with Gasteiger partial charge < -0.3 is 4.84 Å². The van der Waals surface area contributed by atoms with Gasteiger partial charge in [0.05, 0.1) is 0 Å². The first kappa shape index (κ1) is 9.85. The summed E-state index contributed by atoms with van der Waals surface area (Å²) in [6.45, 7) is 2.22. The van der Waals surface area contributed by atoms with Gasteiger partial charge in [-0.3, -0.25) is 0 Å². The fraction of sp³-hybridized carbons (Fsp3) is 0.250. The van der Waals surface area contributed by atoms with Crippen LogP contribution in [0.4, 0.5) is 13.2 Å². The smallest absolute Gasteiger partial charge is 0.194 e. The Morgan fingerprint density at radius 2 is 1.77 bits per heavy atom. The van der Waals surface area contributed by atoms with Crippen LogP contribution in [0.2, 0.25) is 0 Å². The van der Waals surface area contributed by atoms with Gasteiger partial charge >= 0.3 is 0 Å². The Kier molecular flexibility index (Phi) is 3.13. The van der Waals surface area contributed by atoms with E-state index in [0.29, 0.717) is 6.54 Å². The molecule has 0 unspecified atom stereocenters. The Labute approximate surface area is 73.3 Å². The summed E-state index contributed by atoms with van der Waals surface area (Å²) in [6.07, 6.45) is 0. The molecule has 0 saturated heterocycles. The number of hydroxylamine groups is 1. The standard InChI is InChI=1S/C8H8F3NO/c1-2-12-13-5-3-6(9)8(11)7(10)4-5/h3-4,12H,2H2,1H3. The molecule has 0 spiro atoms. The zero-order chi connectivity index (χ0) is 9.84. The maximum atomic E-state index is 12.5. The van der Waals surface area contributed by atoms with Crippen LogP contribution in [0.15, 0.2) is 12.1 Å². The van der Waals surface area contributed by atoms with Crippen molar-refractivity contribution < 1.29 is 18.0 Å². The van der Waals surface area contributed by atoms with E-state index in [2.05, 4.69) is 10.3 Å². The molecule has 0 aliphatic heterocycles. The molecule has 0 fully saturated rings. The topological polar surface area (TPSA) is 21.3 Å². The zero-order valence-corrected chi connectivity index (χ0v) is 6.90. The molecule has 0 aliphatic carbocycles. The number of nitrogens with one attached hydrogen (secondary N) is 1. The molecule has 0 aromatic heterocycles. The van der Waals surface area contributed by atoms with E-state index in [1.54, 1.807) is 6.92 Å². The minimum Gasteiger partial charge on any atom is -0.409 e. The predicted octanol–water partition coefficient (Wildman–Crippen LogP) is 2.01. The highest BCUT2D eigenvalue weighted by atomic mass is 19.2. The number of rotatable bonds is 3. The lowest BCUT2D eigenvalue weighted by molar-refractivity contribution is 0.199. The predicted molar refractivity (Wildman–Crippen MR) is 40.6 cm³/mol. The van der Waals surface area contributed by atoms with Crippen molar-refractivity contribution in [2.24, 2.45) is 0 Å². The molecule has 0 saturated carbocycles. The average Bonchev–Trinajstić information content (AvgIpc) is 2.10. The second kappa shape index (κ2) is 4.13. The normalized spacial score (nSPS) is 10.2. The SMILES string of the molecule is CCNOc1cc(F)c(F)c(F)c1. The van der Waals surface area contributed by atoms with Crippen LogP contribution in [0.1, 0.15) is 6.92 Å². The third-order valence-electron chi connectivity index (χ3n) is 1.29. The van der Waals surface area contributed by atoms with E-state index in [1.807, 2.05) is 0 Å². The fourth-order valence-corrected chi connectivity index (χ4v) is 0.747. The second-order valence-corrected chi connectivity index (χ2v) is 2.30. The molecular weight excluding hydrogens is 183 g/mol. The van der Waals surface area contributed by atoms with Crippen molar-refractivity contribution >= 4 is 0 Å². The third-order valence-corrected chi connectivity index (χ3v) is 1.29. The molecule has 0 atom stereocenters. The molecule has 2 nitrogen and oxygen atoms in total. The summed E-state index contributed by atoms with van der Waals surface area (Å²) in [4.78, 5) is 4.68. The Bertz CT molecular complexity index is 280. The van der Waals surface area contributed by atoms with E-state index in [-0.39, 0.29) is 5.75 Å². The first-order chi connectivity index (χ1) is 6.15. The average molecular weight is 191 g/mol. The first-order valence-corrected chi connectivity index (χ1v) is 3.69. The summed E-state index contributed by atoms with van der Waals surface area (Å²) >= 11 is 0. The Balaban J connectivity index is 2.86. The second-order valence-electron chi connectivity index (χ2n) is 2.30. The Morgan fingerprint density at radius 1 is 1.23 bits per heavy atom. The van der Waals surface area contributed by atoms with E-state index in [0.717, 1.165) is 12.1 Å². The molecule has 1 aromatic rings. The van der Waals surface area contributed by atoms with E-state index >= 15 is 0 Å². The van der Waals surface area contributed by atoms with Crippen molar-refractivity contribution in [1.82, 2.24) is 5.48 Å². The molecule has 0 radical (unpaired) electrons. The summed E-state index contributed by atoms with van der Waals surface area (Å²) in [7, 11) is 0. The highest BCUT2D eigenvalue weighted by Crippen LogP contribution is 2.18. The van der Waals surface area contributed by atoms with Crippen molar-refractivity contribution in [3.63, 3.8) is 0 Å². The highest BCUT2D eigenvalue weighted by molar-refractivity contribution is 5.24. The van der Waals surface area contributed by atoms with Crippen molar-refractivity contribution in [2.45, 2.75) is 6.92 Å². The number of hydrogen-bond acceptors (Lipinski definition) is 2. The zero-order valence-electron chi connectivity index (χ0n) is 6.90. The molecule has 0 heterocycles. The number of hydrogen-bond donors (Lipinski definition) is 1. The van der Waals surface area contributed by atoms with Gasteiger partial charge in [0.25, 0.3) is 0 Å². The third kappa shape index (κ3) is 2.35. The van der Waals surface area contributed by atoms with Gasteiger partial charge in [0.1, 0.15) is 0 Å². The van der Waals surface area contributed by atoms with Gasteiger partial charge in [-0.15, -0.1) is 0 Å². The molecule has 0 amide bonds. The molecule has 72 valence electrons.